The summed E-state index contributed by atoms with van der Waals surface area (Å²) in [6.07, 6.45) is 9.75. The third-order valence-corrected chi connectivity index (χ3v) is 1.84. The van der Waals surface area contributed by atoms with Gasteiger partial charge < -0.3 is 0 Å². The van der Waals surface area contributed by atoms with Crippen LogP contribution < -0.4 is 5.43 Å². The zero-order valence-corrected chi connectivity index (χ0v) is 5.80. The molecule has 1 heterocycles. The summed E-state index contributed by atoms with van der Waals surface area (Å²) in [4.78, 5) is 0. The van der Waals surface area contributed by atoms with Crippen LogP contribution in [0.4, 0.5) is 0 Å². The first-order chi connectivity index (χ1) is 4.97. The summed E-state index contributed by atoms with van der Waals surface area (Å²) in [6, 6.07) is 0. The third kappa shape index (κ3) is 0.856. The van der Waals surface area contributed by atoms with Gasteiger partial charge in [0.25, 0.3) is 0 Å². The Balaban J connectivity index is 2.30. The molecule has 0 saturated heterocycles. The smallest absolute Gasteiger partial charge is 0.0554 e. The van der Waals surface area contributed by atoms with Gasteiger partial charge in [0.15, 0.2) is 0 Å². The zero-order chi connectivity index (χ0) is 6.81. The van der Waals surface area contributed by atoms with E-state index < -0.39 is 0 Å². The summed E-state index contributed by atoms with van der Waals surface area (Å²) in [5, 5.41) is 3.98. The van der Waals surface area contributed by atoms with Crippen molar-refractivity contribution in [1.29, 1.82) is 0 Å². The standard InChI is InChI=1S/C8H10N2/c1-2-4-8-7(3-1)5-6-9-10-8/h3-4,6,10H,1-2,5H2. The largest absolute Gasteiger partial charge is 0.279 e. The van der Waals surface area contributed by atoms with E-state index in [9.17, 15) is 0 Å². The molecule has 2 heteroatoms. The summed E-state index contributed by atoms with van der Waals surface area (Å²) in [6.45, 7) is 0. The van der Waals surface area contributed by atoms with Crippen LogP contribution in [0, 0.1) is 0 Å². The number of hydrazone groups is 1. The Morgan fingerprint density at radius 1 is 1.30 bits per heavy atom. The van der Waals surface area contributed by atoms with E-state index in [1.165, 1.54) is 17.7 Å². The number of hydrogen-bond acceptors (Lipinski definition) is 2. The van der Waals surface area contributed by atoms with Gasteiger partial charge in [-0.1, -0.05) is 12.2 Å². The highest BCUT2D eigenvalue weighted by atomic mass is 15.3. The van der Waals surface area contributed by atoms with E-state index >= 15 is 0 Å². The van der Waals surface area contributed by atoms with Crippen molar-refractivity contribution in [3.05, 3.63) is 23.4 Å². The monoisotopic (exact) mass is 134 g/mol. The molecule has 0 bridgehead atoms. The summed E-state index contributed by atoms with van der Waals surface area (Å²) in [5.41, 5.74) is 5.60. The second kappa shape index (κ2) is 2.29. The van der Waals surface area contributed by atoms with Crippen LogP contribution in [0.1, 0.15) is 19.3 Å². The van der Waals surface area contributed by atoms with Gasteiger partial charge in [-0.2, -0.15) is 5.10 Å². The SMILES string of the molecule is C1=NNC2=CCCC=C2C1. The molecule has 0 aromatic carbocycles. The van der Waals surface area contributed by atoms with E-state index in [4.69, 9.17) is 0 Å². The average molecular weight is 134 g/mol. The van der Waals surface area contributed by atoms with Crippen LogP contribution in [0.5, 0.6) is 0 Å². The van der Waals surface area contributed by atoms with Crippen LogP contribution in [-0.4, -0.2) is 6.21 Å². The Morgan fingerprint density at radius 2 is 2.20 bits per heavy atom. The lowest BCUT2D eigenvalue weighted by molar-refractivity contribution is 0.823. The molecule has 1 N–H and O–H groups in total. The van der Waals surface area contributed by atoms with Crippen LogP contribution in [0.15, 0.2) is 28.5 Å². The molecule has 10 heavy (non-hydrogen) atoms. The molecule has 0 saturated carbocycles. The Morgan fingerprint density at radius 3 is 3.10 bits per heavy atom. The number of fused-ring (bicyclic) bond motifs is 1. The fraction of sp³-hybridized carbons (Fsp3) is 0.375. The van der Waals surface area contributed by atoms with E-state index in [0.717, 1.165) is 12.8 Å². The van der Waals surface area contributed by atoms with Crippen molar-refractivity contribution in [3.63, 3.8) is 0 Å². The normalized spacial score (nSPS) is 22.4. The average Bonchev–Trinajstić information content (AvgIpc) is 2.05. The molecular weight excluding hydrogens is 124 g/mol. The van der Waals surface area contributed by atoms with Crippen molar-refractivity contribution >= 4 is 6.21 Å². The Kier molecular flexibility index (Phi) is 1.31. The Bertz CT molecular complexity index is 199. The molecule has 2 aliphatic rings. The van der Waals surface area contributed by atoms with E-state index in [1.54, 1.807) is 0 Å². The zero-order valence-electron chi connectivity index (χ0n) is 5.80. The van der Waals surface area contributed by atoms with Crippen molar-refractivity contribution in [3.8, 4) is 0 Å². The molecule has 0 fully saturated rings. The van der Waals surface area contributed by atoms with Gasteiger partial charge >= 0.3 is 0 Å². The van der Waals surface area contributed by atoms with Crippen LogP contribution in [0.25, 0.3) is 0 Å². The van der Waals surface area contributed by atoms with Gasteiger partial charge in [-0.3, -0.25) is 5.43 Å². The highest BCUT2D eigenvalue weighted by molar-refractivity contribution is 5.65. The third-order valence-electron chi connectivity index (χ3n) is 1.84. The quantitative estimate of drug-likeness (QED) is 0.534. The molecule has 0 amide bonds. The fourth-order valence-electron chi connectivity index (χ4n) is 1.30. The van der Waals surface area contributed by atoms with Crippen molar-refractivity contribution in [2.24, 2.45) is 5.10 Å². The molecule has 0 spiro atoms. The maximum Gasteiger partial charge on any atom is 0.0554 e. The highest BCUT2D eigenvalue weighted by Crippen LogP contribution is 2.20. The lowest BCUT2D eigenvalue weighted by Gasteiger charge is -2.17. The van der Waals surface area contributed by atoms with Gasteiger partial charge in [-0.05, 0) is 18.4 Å². The van der Waals surface area contributed by atoms with Gasteiger partial charge in [0.1, 0.15) is 0 Å². The minimum Gasteiger partial charge on any atom is -0.279 e. The molecule has 52 valence electrons. The molecule has 0 aromatic heterocycles. The molecule has 0 atom stereocenters. The summed E-state index contributed by atoms with van der Waals surface area (Å²) >= 11 is 0. The molecule has 0 aromatic rings. The van der Waals surface area contributed by atoms with Gasteiger partial charge in [0, 0.05) is 12.6 Å². The summed E-state index contributed by atoms with van der Waals surface area (Å²) < 4.78 is 0. The molecule has 1 aliphatic carbocycles. The first-order valence-corrected chi connectivity index (χ1v) is 3.64. The first kappa shape index (κ1) is 5.71. The summed E-state index contributed by atoms with van der Waals surface area (Å²) in [7, 11) is 0. The van der Waals surface area contributed by atoms with Crippen molar-refractivity contribution in [2.45, 2.75) is 19.3 Å². The van der Waals surface area contributed by atoms with Crippen molar-refractivity contribution in [1.82, 2.24) is 5.43 Å². The van der Waals surface area contributed by atoms with E-state index in [-0.39, 0.29) is 0 Å². The first-order valence-electron chi connectivity index (χ1n) is 3.64. The Labute approximate surface area is 60.3 Å². The van der Waals surface area contributed by atoms with Gasteiger partial charge in [0.05, 0.1) is 5.70 Å². The minimum absolute atomic E-state index is 0.999. The van der Waals surface area contributed by atoms with Crippen LogP contribution in [0.2, 0.25) is 0 Å². The van der Waals surface area contributed by atoms with Crippen LogP contribution in [0.3, 0.4) is 0 Å². The predicted molar refractivity (Wildman–Crippen MR) is 41.6 cm³/mol. The maximum absolute atomic E-state index is 3.98. The van der Waals surface area contributed by atoms with E-state index in [0.29, 0.717) is 0 Å². The molecule has 0 radical (unpaired) electrons. The maximum atomic E-state index is 3.98. The number of rotatable bonds is 0. The lowest BCUT2D eigenvalue weighted by Crippen LogP contribution is -2.15. The second-order valence-corrected chi connectivity index (χ2v) is 2.55. The van der Waals surface area contributed by atoms with Gasteiger partial charge in [0.2, 0.25) is 0 Å². The van der Waals surface area contributed by atoms with E-state index in [1.807, 2.05) is 6.21 Å². The Hall–Kier alpha value is -1.05. The second-order valence-electron chi connectivity index (χ2n) is 2.55. The minimum atomic E-state index is 0.999. The number of nitrogens with zero attached hydrogens (tertiary/aromatic N) is 1. The number of hydrogen-bond donors (Lipinski definition) is 1. The van der Waals surface area contributed by atoms with Gasteiger partial charge in [-0.25, -0.2) is 0 Å². The number of nitrogens with one attached hydrogen (secondary N) is 1. The molecule has 0 unspecified atom stereocenters. The summed E-state index contributed by atoms with van der Waals surface area (Å²) in [5.74, 6) is 0. The molecular formula is C8H10N2. The molecule has 1 aliphatic heterocycles. The fourth-order valence-corrected chi connectivity index (χ4v) is 1.30. The van der Waals surface area contributed by atoms with Crippen molar-refractivity contribution in [2.75, 3.05) is 0 Å². The van der Waals surface area contributed by atoms with Crippen molar-refractivity contribution < 1.29 is 0 Å². The highest BCUT2D eigenvalue weighted by Gasteiger charge is 2.09. The van der Waals surface area contributed by atoms with Crippen LogP contribution in [-0.2, 0) is 0 Å². The molecule has 2 nitrogen and oxygen atoms in total. The van der Waals surface area contributed by atoms with Gasteiger partial charge in [-0.15, -0.1) is 0 Å². The predicted octanol–water partition coefficient (Wildman–Crippen LogP) is 1.57. The van der Waals surface area contributed by atoms with Crippen LogP contribution >= 0.6 is 0 Å². The molecule has 2 rings (SSSR count). The number of allylic oxidation sites excluding steroid dienone is 3. The van der Waals surface area contributed by atoms with E-state index in [2.05, 4.69) is 22.7 Å². The lowest BCUT2D eigenvalue weighted by atomic mass is 10.0. The topological polar surface area (TPSA) is 24.4 Å².